The van der Waals surface area contributed by atoms with Gasteiger partial charge >= 0.3 is 0 Å². The van der Waals surface area contributed by atoms with E-state index in [4.69, 9.17) is 10.7 Å². The number of nitrogens with zero attached hydrogens (tertiary/aromatic N) is 1. The van der Waals surface area contributed by atoms with Crippen LogP contribution in [0.15, 0.2) is 36.4 Å². The van der Waals surface area contributed by atoms with Gasteiger partial charge in [0.2, 0.25) is 0 Å². The molecule has 1 aliphatic rings. The molecule has 0 aliphatic heterocycles. The number of hydrogen-bond donors (Lipinski definition) is 1. The second kappa shape index (κ2) is 6.62. The van der Waals surface area contributed by atoms with Crippen molar-refractivity contribution in [2.24, 2.45) is 11.7 Å². The van der Waals surface area contributed by atoms with Crippen LogP contribution in [0.1, 0.15) is 60.8 Å². The van der Waals surface area contributed by atoms with E-state index < -0.39 is 0 Å². The molecule has 2 heteroatoms. The molecule has 1 heterocycles. The molecule has 22 heavy (non-hydrogen) atoms. The van der Waals surface area contributed by atoms with Crippen molar-refractivity contribution in [2.75, 3.05) is 0 Å². The van der Waals surface area contributed by atoms with E-state index >= 15 is 0 Å². The minimum absolute atomic E-state index is 0.122. The molecule has 0 saturated heterocycles. The van der Waals surface area contributed by atoms with Crippen LogP contribution in [-0.4, -0.2) is 4.98 Å². The first kappa shape index (κ1) is 15.2. The molecule has 1 aliphatic carbocycles. The average molecular weight is 294 g/mol. The van der Waals surface area contributed by atoms with Crippen LogP contribution in [0.5, 0.6) is 0 Å². The van der Waals surface area contributed by atoms with E-state index in [0.717, 1.165) is 37.1 Å². The molecule has 0 fully saturated rings. The third kappa shape index (κ3) is 3.56. The highest BCUT2D eigenvalue weighted by molar-refractivity contribution is 5.31. The van der Waals surface area contributed by atoms with E-state index in [1.165, 1.54) is 23.1 Å². The normalized spacial score (nSPS) is 17.5. The molecule has 0 amide bonds. The van der Waals surface area contributed by atoms with Crippen molar-refractivity contribution in [1.29, 1.82) is 0 Å². The Morgan fingerprint density at radius 3 is 2.55 bits per heavy atom. The molecule has 1 aromatic carbocycles. The second-order valence-electron chi connectivity index (χ2n) is 6.94. The minimum Gasteiger partial charge on any atom is -0.323 e. The molecular weight excluding hydrogens is 268 g/mol. The first-order chi connectivity index (χ1) is 10.6. The molecule has 1 unspecified atom stereocenters. The molecular formula is C20H26N2. The summed E-state index contributed by atoms with van der Waals surface area (Å²) in [6.07, 6.45) is 5.41. The van der Waals surface area contributed by atoms with Crippen molar-refractivity contribution in [3.8, 4) is 0 Å². The highest BCUT2D eigenvalue weighted by Gasteiger charge is 2.18. The Hall–Kier alpha value is -1.67. The minimum atomic E-state index is 0.122. The van der Waals surface area contributed by atoms with E-state index in [0.29, 0.717) is 5.92 Å². The van der Waals surface area contributed by atoms with Gasteiger partial charge in [-0.25, -0.2) is 0 Å². The monoisotopic (exact) mass is 294 g/mol. The molecule has 1 atom stereocenters. The number of benzene rings is 1. The van der Waals surface area contributed by atoms with Gasteiger partial charge < -0.3 is 5.73 Å². The Balaban J connectivity index is 1.74. The first-order valence-corrected chi connectivity index (χ1v) is 8.44. The zero-order valence-corrected chi connectivity index (χ0v) is 13.7. The summed E-state index contributed by atoms with van der Waals surface area (Å²) < 4.78 is 0. The van der Waals surface area contributed by atoms with E-state index in [2.05, 4.69) is 50.2 Å². The fourth-order valence-corrected chi connectivity index (χ4v) is 3.30. The fraction of sp³-hybridized carbons (Fsp3) is 0.450. The summed E-state index contributed by atoms with van der Waals surface area (Å²) in [4.78, 5) is 4.84. The number of aryl methyl sites for hydroxylation is 1. The summed E-state index contributed by atoms with van der Waals surface area (Å²) in [5.74, 6) is 0.703. The number of fused-ring (bicyclic) bond motifs is 1. The highest BCUT2D eigenvalue weighted by Crippen LogP contribution is 2.26. The third-order valence-corrected chi connectivity index (χ3v) is 4.43. The molecule has 2 nitrogen and oxygen atoms in total. The quantitative estimate of drug-likeness (QED) is 0.917. The lowest BCUT2D eigenvalue weighted by molar-refractivity contribution is 0.552. The zero-order chi connectivity index (χ0) is 15.5. The molecule has 0 spiro atoms. The smallest absolute Gasteiger partial charge is 0.0606 e. The van der Waals surface area contributed by atoms with Crippen LogP contribution >= 0.6 is 0 Å². The van der Waals surface area contributed by atoms with Gasteiger partial charge in [0.15, 0.2) is 0 Å². The lowest BCUT2D eigenvalue weighted by atomic mass is 9.92. The van der Waals surface area contributed by atoms with Crippen molar-refractivity contribution in [1.82, 2.24) is 4.98 Å². The van der Waals surface area contributed by atoms with Gasteiger partial charge in [0, 0.05) is 18.2 Å². The van der Waals surface area contributed by atoms with Gasteiger partial charge in [-0.1, -0.05) is 44.2 Å². The summed E-state index contributed by atoms with van der Waals surface area (Å²) in [5.41, 5.74) is 12.6. The molecule has 116 valence electrons. The molecule has 0 saturated carbocycles. The highest BCUT2D eigenvalue weighted by atomic mass is 14.8. The lowest BCUT2D eigenvalue weighted by Gasteiger charge is -2.21. The van der Waals surface area contributed by atoms with E-state index in [1.807, 2.05) is 0 Å². The summed E-state index contributed by atoms with van der Waals surface area (Å²) >= 11 is 0. The first-order valence-electron chi connectivity index (χ1n) is 8.44. The van der Waals surface area contributed by atoms with Crippen LogP contribution < -0.4 is 5.73 Å². The average Bonchev–Trinajstić information content (AvgIpc) is 2.50. The van der Waals surface area contributed by atoms with Crippen molar-refractivity contribution in [2.45, 2.75) is 52.0 Å². The Morgan fingerprint density at radius 1 is 1.09 bits per heavy atom. The summed E-state index contributed by atoms with van der Waals surface area (Å²) in [6, 6.07) is 13.5. The van der Waals surface area contributed by atoms with Gasteiger partial charge in [0.25, 0.3) is 0 Å². The number of rotatable bonds is 4. The number of aromatic nitrogens is 1. The summed E-state index contributed by atoms with van der Waals surface area (Å²) in [5, 5.41) is 0. The Labute approximate surface area is 133 Å². The topological polar surface area (TPSA) is 38.9 Å². The van der Waals surface area contributed by atoms with Gasteiger partial charge in [-0.15, -0.1) is 0 Å². The van der Waals surface area contributed by atoms with E-state index in [9.17, 15) is 0 Å². The predicted octanol–water partition coefficient (Wildman–Crippen LogP) is 4.21. The van der Waals surface area contributed by atoms with Gasteiger partial charge in [-0.2, -0.15) is 0 Å². The number of pyridine rings is 1. The van der Waals surface area contributed by atoms with Crippen LogP contribution in [0.4, 0.5) is 0 Å². The van der Waals surface area contributed by atoms with Crippen LogP contribution in [-0.2, 0) is 19.3 Å². The molecule has 0 radical (unpaired) electrons. The SMILES string of the molecule is CC(C)Cc1ccc(Cc2ccc3c(n2)C(N)CCC3)cc1. The van der Waals surface area contributed by atoms with Crippen molar-refractivity contribution in [3.63, 3.8) is 0 Å². The molecule has 2 N–H and O–H groups in total. The van der Waals surface area contributed by atoms with Gasteiger partial charge in [-0.05, 0) is 54.4 Å². The Bertz CT molecular complexity index is 629. The van der Waals surface area contributed by atoms with Gasteiger partial charge in [0.1, 0.15) is 0 Å². The molecule has 2 aromatic rings. The van der Waals surface area contributed by atoms with Crippen LogP contribution in [0.2, 0.25) is 0 Å². The zero-order valence-electron chi connectivity index (χ0n) is 13.7. The Kier molecular flexibility index (Phi) is 4.58. The summed E-state index contributed by atoms with van der Waals surface area (Å²) in [6.45, 7) is 4.52. The van der Waals surface area contributed by atoms with Gasteiger partial charge in [-0.3, -0.25) is 4.98 Å². The second-order valence-corrected chi connectivity index (χ2v) is 6.94. The predicted molar refractivity (Wildman–Crippen MR) is 91.9 cm³/mol. The largest absolute Gasteiger partial charge is 0.323 e. The van der Waals surface area contributed by atoms with E-state index in [1.54, 1.807) is 0 Å². The molecule has 3 rings (SSSR count). The lowest BCUT2D eigenvalue weighted by Crippen LogP contribution is -2.19. The van der Waals surface area contributed by atoms with Crippen molar-refractivity contribution >= 4 is 0 Å². The van der Waals surface area contributed by atoms with E-state index in [-0.39, 0.29) is 6.04 Å². The Morgan fingerprint density at radius 2 is 1.82 bits per heavy atom. The van der Waals surface area contributed by atoms with Crippen LogP contribution in [0.25, 0.3) is 0 Å². The van der Waals surface area contributed by atoms with Crippen LogP contribution in [0, 0.1) is 5.92 Å². The molecule has 0 bridgehead atoms. The van der Waals surface area contributed by atoms with Gasteiger partial charge in [0.05, 0.1) is 5.69 Å². The maximum Gasteiger partial charge on any atom is 0.0606 e. The molecule has 1 aromatic heterocycles. The summed E-state index contributed by atoms with van der Waals surface area (Å²) in [7, 11) is 0. The maximum absolute atomic E-state index is 6.21. The number of hydrogen-bond acceptors (Lipinski definition) is 2. The van der Waals surface area contributed by atoms with Crippen molar-refractivity contribution in [3.05, 3.63) is 64.5 Å². The third-order valence-electron chi connectivity index (χ3n) is 4.43. The fourth-order valence-electron chi connectivity index (χ4n) is 3.30. The number of nitrogens with two attached hydrogens (primary N) is 1. The standard InChI is InChI=1S/C20H26N2/c1-14(2)12-15-6-8-16(9-7-15)13-18-11-10-17-4-3-5-19(21)20(17)22-18/h6-11,14,19H,3-5,12-13,21H2,1-2H3. The maximum atomic E-state index is 6.21. The van der Waals surface area contributed by atoms with Crippen molar-refractivity contribution < 1.29 is 0 Å². The van der Waals surface area contributed by atoms with Crippen LogP contribution in [0.3, 0.4) is 0 Å².